The molecule has 8 heteroatoms. The van der Waals surface area contributed by atoms with Gasteiger partial charge in [-0.3, -0.25) is 9.78 Å². The van der Waals surface area contributed by atoms with E-state index in [1.54, 1.807) is 29.4 Å². The predicted molar refractivity (Wildman–Crippen MR) is 226 cm³/mol. The van der Waals surface area contributed by atoms with Crippen molar-refractivity contribution in [1.82, 2.24) is 9.97 Å². The molecular formula is C44H57IrN2O2S3-. The molecule has 1 radical (unpaired) electrons. The van der Waals surface area contributed by atoms with Gasteiger partial charge in [-0.1, -0.05) is 93.7 Å². The maximum atomic E-state index is 12.2. The van der Waals surface area contributed by atoms with E-state index >= 15 is 0 Å². The van der Waals surface area contributed by atoms with Gasteiger partial charge >= 0.3 is 0 Å². The van der Waals surface area contributed by atoms with Crippen LogP contribution in [0.2, 0.25) is 0 Å². The van der Waals surface area contributed by atoms with Gasteiger partial charge in [0.2, 0.25) is 0 Å². The first-order valence-corrected chi connectivity index (χ1v) is 20.9. The summed E-state index contributed by atoms with van der Waals surface area (Å²) in [5, 5.41) is 15.8. The fourth-order valence-corrected chi connectivity index (χ4v) is 9.54. The molecule has 0 saturated heterocycles. The second-order valence-corrected chi connectivity index (χ2v) is 18.9. The number of aryl methyl sites for hydroxylation is 1. The molecule has 0 aliphatic carbocycles. The van der Waals surface area contributed by atoms with Gasteiger partial charge in [-0.25, -0.2) is 4.98 Å². The Morgan fingerprint density at radius 3 is 2.17 bits per heavy atom. The van der Waals surface area contributed by atoms with Crippen molar-refractivity contribution in [2.45, 2.75) is 125 Å². The van der Waals surface area contributed by atoms with Crippen molar-refractivity contribution in [3.8, 4) is 11.3 Å². The van der Waals surface area contributed by atoms with E-state index in [2.05, 4.69) is 78.5 Å². The minimum Gasteiger partial charge on any atom is -0.512 e. The van der Waals surface area contributed by atoms with Gasteiger partial charge in [0.05, 0.1) is 0 Å². The minimum atomic E-state index is -0.337. The number of allylic oxidation sites excluding steroid dienone is 2. The van der Waals surface area contributed by atoms with Gasteiger partial charge < -0.3 is 5.11 Å². The molecule has 0 bridgehead atoms. The van der Waals surface area contributed by atoms with Crippen molar-refractivity contribution in [3.63, 3.8) is 0 Å². The van der Waals surface area contributed by atoms with E-state index in [0.29, 0.717) is 5.92 Å². The second-order valence-electron chi connectivity index (χ2n) is 15.6. The largest absolute Gasteiger partial charge is 0.512 e. The number of hydrogen-bond acceptors (Lipinski definition) is 7. The van der Waals surface area contributed by atoms with Crippen molar-refractivity contribution < 1.29 is 30.0 Å². The van der Waals surface area contributed by atoms with Crippen molar-refractivity contribution >= 4 is 70.6 Å². The number of aliphatic hydroxyl groups excluding tert-OH is 1. The quantitative estimate of drug-likeness (QED) is 0.0584. The molecule has 0 saturated carbocycles. The third kappa shape index (κ3) is 9.12. The number of aliphatic hydroxyl groups is 1. The summed E-state index contributed by atoms with van der Waals surface area (Å²) in [7, 11) is 0. The number of nitrogens with zero attached hydrogens (tertiary/aromatic N) is 2. The molecule has 3 heterocycles. The average molecular weight is 934 g/mol. The molecular weight excluding hydrogens is 877 g/mol. The number of hydrogen-bond donors (Lipinski definition) is 1. The number of thiophene rings is 2. The summed E-state index contributed by atoms with van der Waals surface area (Å²) < 4.78 is 2.71. The zero-order valence-electron chi connectivity index (χ0n) is 33.2. The molecule has 0 unspecified atom stereocenters. The van der Waals surface area contributed by atoms with E-state index in [1.807, 2.05) is 58.3 Å². The van der Waals surface area contributed by atoms with E-state index in [-0.39, 0.29) is 47.9 Å². The van der Waals surface area contributed by atoms with Crippen LogP contribution in [-0.4, -0.2) is 20.9 Å². The van der Waals surface area contributed by atoms with Gasteiger partial charge in [-0.2, -0.15) is 11.8 Å². The third-order valence-electron chi connectivity index (χ3n) is 10.8. The summed E-state index contributed by atoms with van der Waals surface area (Å²) in [6, 6.07) is 12.4. The fourth-order valence-electron chi connectivity index (χ4n) is 6.36. The van der Waals surface area contributed by atoms with Gasteiger partial charge in [0.15, 0.2) is 5.78 Å². The van der Waals surface area contributed by atoms with Crippen LogP contribution in [0.15, 0.2) is 59.3 Å². The number of aromatic nitrogens is 2. The monoisotopic (exact) mass is 934 g/mol. The number of rotatable bonds is 12. The molecule has 2 aromatic carbocycles. The van der Waals surface area contributed by atoms with Gasteiger partial charge in [0.1, 0.15) is 16.9 Å². The van der Waals surface area contributed by atoms with Crippen LogP contribution in [0.3, 0.4) is 0 Å². The number of thioether (sulfide) groups is 1. The Morgan fingerprint density at radius 1 is 0.981 bits per heavy atom. The summed E-state index contributed by atoms with van der Waals surface area (Å²) in [6.07, 6.45) is 7.56. The van der Waals surface area contributed by atoms with E-state index in [9.17, 15) is 9.90 Å². The molecule has 4 nitrogen and oxygen atoms in total. The topological polar surface area (TPSA) is 63.1 Å². The van der Waals surface area contributed by atoms with Crippen LogP contribution in [0.1, 0.15) is 118 Å². The summed E-state index contributed by atoms with van der Waals surface area (Å²) in [5.41, 5.74) is 4.17. The van der Waals surface area contributed by atoms with Gasteiger partial charge in [0, 0.05) is 67.8 Å². The molecule has 0 fully saturated rings. The first kappa shape index (κ1) is 44.0. The number of carbonyl (C=O) groups is 1. The van der Waals surface area contributed by atoms with Crippen molar-refractivity contribution in [1.29, 1.82) is 0 Å². The second kappa shape index (κ2) is 17.9. The Hall–Kier alpha value is -2.35. The molecule has 5 aromatic rings. The molecule has 0 amide bonds. The predicted octanol–water partition coefficient (Wildman–Crippen LogP) is 14.2. The maximum absolute atomic E-state index is 12.2. The molecule has 3 aromatic heterocycles. The molecule has 0 atom stereocenters. The van der Waals surface area contributed by atoms with Crippen LogP contribution < -0.4 is 0 Å². The van der Waals surface area contributed by atoms with Gasteiger partial charge in [0.25, 0.3) is 0 Å². The first-order valence-electron chi connectivity index (χ1n) is 18.4. The minimum absolute atomic E-state index is 0. The normalized spacial score (nSPS) is 12.7. The van der Waals surface area contributed by atoms with E-state index in [0.717, 1.165) is 53.6 Å². The van der Waals surface area contributed by atoms with Gasteiger partial charge in [-0.15, -0.1) is 52.0 Å². The van der Waals surface area contributed by atoms with Crippen LogP contribution in [0.4, 0.5) is 0 Å². The summed E-state index contributed by atoms with van der Waals surface area (Å²) >= 11 is 5.36. The standard InChI is InChI=1S/C29H29N2S3.C15H28O2.Ir/c1-8-32-22-11-9-18(14-21(22)29(5,6)7)26-25-19-10-12-23-24(20(13-16(2)3)17(4)33-23)27(19)34-28(25)31-15-30-26;1-7-14(5,8-2)12(16)11-13(17)15(6,9-3)10-4;/h8,10-12,14-16H,1,13H2,2-7H3;11,16H,7-10H2,1-6H3;/q-1;;/b;12-11-;. The SMILES string of the molecule is C=CSc1c[c-]c(-c2ncnc3sc4c(ccc5sc(C)c(CC(C)C)c54)c23)cc1C(C)(C)C.CCC(C)(CC)C(=O)/C=C(\O)C(C)(CC)CC.[Ir]. The molecule has 1 N–H and O–H groups in total. The smallest absolute Gasteiger partial charge is 0.164 e. The van der Waals surface area contributed by atoms with E-state index in [1.165, 1.54) is 47.1 Å². The van der Waals surface area contributed by atoms with Crippen LogP contribution in [-0.2, 0) is 36.7 Å². The Kier molecular flexibility index (Phi) is 15.1. The number of carbonyl (C=O) groups excluding carboxylic acids is 1. The molecule has 0 spiro atoms. The molecule has 52 heavy (non-hydrogen) atoms. The molecule has 0 aliphatic heterocycles. The fraction of sp³-hybridized carbons (Fsp3) is 0.477. The molecule has 0 aliphatic rings. The van der Waals surface area contributed by atoms with Crippen LogP contribution >= 0.6 is 34.4 Å². The number of fused-ring (bicyclic) bond motifs is 5. The van der Waals surface area contributed by atoms with Crippen molar-refractivity contribution in [3.05, 3.63) is 76.5 Å². The van der Waals surface area contributed by atoms with E-state index in [4.69, 9.17) is 9.97 Å². The maximum Gasteiger partial charge on any atom is 0.164 e. The average Bonchev–Trinajstić information content (AvgIpc) is 3.63. The Bertz CT molecular complexity index is 2060. The number of ketones is 1. The Labute approximate surface area is 338 Å². The van der Waals surface area contributed by atoms with Crippen molar-refractivity contribution in [2.24, 2.45) is 16.7 Å². The molecule has 283 valence electrons. The third-order valence-corrected chi connectivity index (χ3v) is 13.8. The van der Waals surface area contributed by atoms with Crippen LogP contribution in [0.25, 0.3) is 41.6 Å². The Balaban J connectivity index is 0.000000347. The summed E-state index contributed by atoms with van der Waals surface area (Å²) in [5.74, 6) is 0.905. The first-order chi connectivity index (χ1) is 24.0. The van der Waals surface area contributed by atoms with Gasteiger partial charge in [-0.05, 0) is 72.8 Å². The zero-order valence-corrected chi connectivity index (χ0v) is 38.0. The van der Waals surface area contributed by atoms with Crippen molar-refractivity contribution in [2.75, 3.05) is 0 Å². The molecule has 5 rings (SSSR count). The Morgan fingerprint density at radius 2 is 1.62 bits per heavy atom. The van der Waals surface area contributed by atoms with E-state index < -0.39 is 0 Å². The van der Waals surface area contributed by atoms with Crippen LogP contribution in [0, 0.1) is 29.7 Å². The zero-order chi connectivity index (χ0) is 37.9. The summed E-state index contributed by atoms with van der Waals surface area (Å²) in [4.78, 5) is 25.3. The number of benzene rings is 2. The van der Waals surface area contributed by atoms with Crippen LogP contribution in [0.5, 0.6) is 0 Å². The summed E-state index contributed by atoms with van der Waals surface area (Å²) in [6.45, 7) is 29.6.